The number of nitrogens with zero attached hydrogens (tertiary/aromatic N) is 2. The molecule has 1 aliphatic rings. The van der Waals surface area contributed by atoms with Crippen molar-refractivity contribution in [3.63, 3.8) is 0 Å². The van der Waals surface area contributed by atoms with E-state index in [0.29, 0.717) is 27.2 Å². The van der Waals surface area contributed by atoms with Crippen LogP contribution in [0.5, 0.6) is 5.75 Å². The molecule has 0 aliphatic carbocycles. The summed E-state index contributed by atoms with van der Waals surface area (Å²) in [5, 5.41) is 0. The van der Waals surface area contributed by atoms with Gasteiger partial charge < -0.3 is 9.47 Å². The van der Waals surface area contributed by atoms with Crippen LogP contribution in [0.15, 0.2) is 113 Å². The van der Waals surface area contributed by atoms with Crippen LogP contribution in [0.2, 0.25) is 0 Å². The Labute approximate surface area is 224 Å². The Morgan fingerprint density at radius 2 is 1.71 bits per heavy atom. The van der Waals surface area contributed by atoms with Crippen molar-refractivity contribution in [3.8, 4) is 5.75 Å². The molecule has 4 aromatic rings. The van der Waals surface area contributed by atoms with Gasteiger partial charge in [0, 0.05) is 5.56 Å². The fourth-order valence-electron chi connectivity index (χ4n) is 4.36. The third kappa shape index (κ3) is 5.01. The minimum atomic E-state index is -0.682. The first kappa shape index (κ1) is 25.2. The summed E-state index contributed by atoms with van der Waals surface area (Å²) in [6.45, 7) is 6.06. The standard InChI is InChI=1S/C31H26N2O4S/c1-3-19-37-24-17-15-21(16-18-24)20-25-29(34)33-28(23-13-9-6-10-14-23)26(30(35)36-4-2)27(32-31(33)38-25)22-11-7-5-8-12-22/h3,5-18,20,28H,1,4,19H2,2H3/b25-20-/t28-/m1/s1. The van der Waals surface area contributed by atoms with E-state index in [2.05, 4.69) is 6.58 Å². The Bertz CT molecular complexity index is 1670. The minimum absolute atomic E-state index is 0.211. The van der Waals surface area contributed by atoms with Crippen LogP contribution in [0, 0.1) is 0 Å². The minimum Gasteiger partial charge on any atom is -0.490 e. The lowest BCUT2D eigenvalue weighted by Gasteiger charge is -2.25. The van der Waals surface area contributed by atoms with E-state index in [9.17, 15) is 9.59 Å². The summed E-state index contributed by atoms with van der Waals surface area (Å²) in [5.74, 6) is 0.229. The summed E-state index contributed by atoms with van der Waals surface area (Å²) in [6, 6.07) is 25.9. The summed E-state index contributed by atoms with van der Waals surface area (Å²) in [7, 11) is 0. The third-order valence-electron chi connectivity index (χ3n) is 6.03. The number of aromatic nitrogens is 1. The van der Waals surface area contributed by atoms with Gasteiger partial charge in [-0.25, -0.2) is 9.79 Å². The topological polar surface area (TPSA) is 69.9 Å². The van der Waals surface area contributed by atoms with E-state index < -0.39 is 12.0 Å². The van der Waals surface area contributed by atoms with Crippen molar-refractivity contribution in [2.24, 2.45) is 4.99 Å². The van der Waals surface area contributed by atoms with Gasteiger partial charge in [0.25, 0.3) is 5.56 Å². The van der Waals surface area contributed by atoms with Gasteiger partial charge in [0.2, 0.25) is 0 Å². The lowest BCUT2D eigenvalue weighted by molar-refractivity contribution is -0.138. The molecule has 5 rings (SSSR count). The number of rotatable bonds is 8. The summed E-state index contributed by atoms with van der Waals surface area (Å²) < 4.78 is 13.2. The maximum atomic E-state index is 13.9. The van der Waals surface area contributed by atoms with Crippen molar-refractivity contribution in [2.45, 2.75) is 13.0 Å². The normalized spacial score (nSPS) is 15.0. The fourth-order valence-corrected chi connectivity index (χ4v) is 5.36. The van der Waals surface area contributed by atoms with E-state index >= 15 is 0 Å². The van der Waals surface area contributed by atoms with E-state index in [-0.39, 0.29) is 12.2 Å². The quantitative estimate of drug-likeness (QED) is 0.252. The zero-order valence-electron chi connectivity index (χ0n) is 20.9. The summed E-state index contributed by atoms with van der Waals surface area (Å²) >= 11 is 1.30. The second kappa shape index (κ2) is 11.3. The first-order valence-corrected chi connectivity index (χ1v) is 13.1. The highest BCUT2D eigenvalue weighted by Gasteiger charge is 2.35. The van der Waals surface area contributed by atoms with Crippen molar-refractivity contribution >= 4 is 29.1 Å². The van der Waals surface area contributed by atoms with Crippen LogP contribution in [-0.4, -0.2) is 23.8 Å². The van der Waals surface area contributed by atoms with Gasteiger partial charge in [0.05, 0.1) is 28.5 Å². The molecule has 0 fully saturated rings. The van der Waals surface area contributed by atoms with Gasteiger partial charge in [-0.2, -0.15) is 0 Å². The molecule has 0 radical (unpaired) electrons. The fraction of sp³-hybridized carbons (Fsp3) is 0.129. The van der Waals surface area contributed by atoms with Gasteiger partial charge in [0.1, 0.15) is 12.4 Å². The molecule has 6 nitrogen and oxygen atoms in total. The Morgan fingerprint density at radius 1 is 1.03 bits per heavy atom. The van der Waals surface area contributed by atoms with E-state index in [1.165, 1.54) is 11.3 Å². The van der Waals surface area contributed by atoms with Crippen LogP contribution in [0.25, 0.3) is 11.8 Å². The average molecular weight is 523 g/mol. The highest BCUT2D eigenvalue weighted by Crippen LogP contribution is 2.35. The maximum absolute atomic E-state index is 13.9. The molecule has 0 bridgehead atoms. The highest BCUT2D eigenvalue weighted by atomic mass is 32.1. The van der Waals surface area contributed by atoms with E-state index in [1.54, 1.807) is 17.6 Å². The molecule has 0 unspecified atom stereocenters. The van der Waals surface area contributed by atoms with E-state index in [0.717, 1.165) is 22.4 Å². The molecular weight excluding hydrogens is 496 g/mol. The van der Waals surface area contributed by atoms with Crippen molar-refractivity contribution in [1.82, 2.24) is 4.57 Å². The Kier molecular flexibility index (Phi) is 7.47. The second-order valence-corrected chi connectivity index (χ2v) is 9.52. The summed E-state index contributed by atoms with van der Waals surface area (Å²) in [6.07, 6.45) is 3.52. The predicted molar refractivity (Wildman–Crippen MR) is 150 cm³/mol. The average Bonchev–Trinajstić information content (AvgIpc) is 3.27. The number of hydrogen-bond donors (Lipinski definition) is 0. The summed E-state index contributed by atoms with van der Waals surface area (Å²) in [5.41, 5.74) is 3.06. The molecule has 1 aliphatic heterocycles. The Hall–Kier alpha value is -4.49. The number of benzene rings is 3. The lowest BCUT2D eigenvalue weighted by Crippen LogP contribution is -2.39. The van der Waals surface area contributed by atoms with Gasteiger partial charge >= 0.3 is 5.97 Å². The third-order valence-corrected chi connectivity index (χ3v) is 7.02. The number of carbonyl (C=O) groups excluding carboxylic acids is 1. The Morgan fingerprint density at radius 3 is 2.37 bits per heavy atom. The second-order valence-electron chi connectivity index (χ2n) is 8.51. The van der Waals surface area contributed by atoms with Crippen LogP contribution in [0.3, 0.4) is 0 Å². The number of ether oxygens (including phenoxy) is 2. The van der Waals surface area contributed by atoms with Crippen molar-refractivity contribution in [2.75, 3.05) is 13.2 Å². The molecule has 1 aromatic heterocycles. The molecule has 3 aromatic carbocycles. The molecule has 2 heterocycles. The smallest absolute Gasteiger partial charge is 0.338 e. The van der Waals surface area contributed by atoms with Gasteiger partial charge in [0.15, 0.2) is 4.80 Å². The largest absolute Gasteiger partial charge is 0.490 e. The van der Waals surface area contributed by atoms with Gasteiger partial charge in [-0.1, -0.05) is 96.8 Å². The van der Waals surface area contributed by atoms with Crippen LogP contribution < -0.4 is 19.6 Å². The predicted octanol–water partition coefficient (Wildman–Crippen LogP) is 4.50. The van der Waals surface area contributed by atoms with E-state index in [1.807, 2.05) is 91.0 Å². The van der Waals surface area contributed by atoms with Gasteiger partial charge in [-0.15, -0.1) is 0 Å². The molecule has 190 valence electrons. The van der Waals surface area contributed by atoms with Crippen LogP contribution in [0.4, 0.5) is 0 Å². The molecule has 38 heavy (non-hydrogen) atoms. The molecule has 0 saturated carbocycles. The number of esters is 1. The van der Waals surface area contributed by atoms with Crippen molar-refractivity contribution in [3.05, 3.63) is 140 Å². The maximum Gasteiger partial charge on any atom is 0.338 e. The first-order chi connectivity index (χ1) is 18.6. The monoisotopic (exact) mass is 522 g/mol. The number of carbonyl (C=O) groups is 1. The van der Waals surface area contributed by atoms with Crippen LogP contribution >= 0.6 is 11.3 Å². The van der Waals surface area contributed by atoms with Crippen LogP contribution in [0.1, 0.15) is 29.7 Å². The zero-order valence-corrected chi connectivity index (χ0v) is 21.7. The first-order valence-electron chi connectivity index (χ1n) is 12.3. The number of fused-ring (bicyclic) bond motifs is 1. The number of hydrogen-bond acceptors (Lipinski definition) is 6. The molecule has 0 N–H and O–H groups in total. The molecule has 0 spiro atoms. The molecule has 0 saturated heterocycles. The SMILES string of the molecule is C=CCOc1ccc(/C=c2\sc3n(c2=O)[C@H](c2ccccc2)C(C(=O)OCC)=C(c2ccccc2)N=3)cc1. The van der Waals surface area contributed by atoms with Crippen molar-refractivity contribution in [1.29, 1.82) is 0 Å². The van der Waals surface area contributed by atoms with Crippen molar-refractivity contribution < 1.29 is 14.3 Å². The highest BCUT2D eigenvalue weighted by molar-refractivity contribution is 7.07. The van der Waals surface area contributed by atoms with E-state index in [4.69, 9.17) is 14.5 Å². The molecule has 1 atom stereocenters. The van der Waals surface area contributed by atoms with Gasteiger partial charge in [-0.05, 0) is 36.3 Å². The molecule has 0 amide bonds. The zero-order chi connectivity index (χ0) is 26.5. The van der Waals surface area contributed by atoms with Gasteiger partial charge in [-0.3, -0.25) is 9.36 Å². The number of thiazole rings is 1. The molecular formula is C31H26N2O4S. The lowest BCUT2D eigenvalue weighted by atomic mass is 9.93. The summed E-state index contributed by atoms with van der Waals surface area (Å²) in [4.78, 5) is 32.6. The Balaban J connectivity index is 1.72. The molecule has 7 heteroatoms. The van der Waals surface area contributed by atoms with Crippen LogP contribution in [-0.2, 0) is 9.53 Å².